The first-order valence-electron chi connectivity index (χ1n) is 9.39. The number of hydrogen-bond acceptors (Lipinski definition) is 11. The van der Waals surface area contributed by atoms with E-state index in [1.54, 1.807) is 20.8 Å². The minimum Gasteiger partial charge on any atom is -0.455 e. The van der Waals surface area contributed by atoms with Crippen molar-refractivity contribution in [1.82, 2.24) is 30.2 Å². The zero-order valence-corrected chi connectivity index (χ0v) is 19.9. The van der Waals surface area contributed by atoms with Gasteiger partial charge in [0.1, 0.15) is 22.7 Å². The highest BCUT2D eigenvalue weighted by molar-refractivity contribution is 8.01. The summed E-state index contributed by atoms with van der Waals surface area (Å²) in [6.07, 6.45) is 1.40. The molecule has 2 unspecified atom stereocenters. The fraction of sp³-hybridized carbons (Fsp3) is 0.688. The fourth-order valence-corrected chi connectivity index (χ4v) is 6.10. The van der Waals surface area contributed by atoms with E-state index in [1.807, 2.05) is 0 Å². The maximum absolute atomic E-state index is 13.1. The van der Waals surface area contributed by atoms with Gasteiger partial charge in [-0.1, -0.05) is 11.8 Å². The van der Waals surface area contributed by atoms with Crippen LogP contribution in [0.3, 0.4) is 0 Å². The quantitative estimate of drug-likeness (QED) is 0.241. The summed E-state index contributed by atoms with van der Waals surface area (Å²) in [5.41, 5.74) is 5.97. The summed E-state index contributed by atoms with van der Waals surface area (Å²) < 4.78 is 31.0. The van der Waals surface area contributed by atoms with Gasteiger partial charge in [-0.25, -0.2) is 23.0 Å². The van der Waals surface area contributed by atoms with E-state index in [4.69, 9.17) is 10.5 Å². The Bertz CT molecular complexity index is 974. The van der Waals surface area contributed by atoms with Crippen LogP contribution in [0.1, 0.15) is 27.2 Å². The van der Waals surface area contributed by atoms with E-state index in [2.05, 4.69) is 25.3 Å². The lowest BCUT2D eigenvalue weighted by Gasteiger charge is -2.49. The number of nitrogens with one attached hydrogen (secondary N) is 2. The van der Waals surface area contributed by atoms with Crippen molar-refractivity contribution in [2.45, 2.75) is 54.6 Å². The molecule has 0 radical (unpaired) electrons. The van der Waals surface area contributed by atoms with E-state index >= 15 is 0 Å². The molecule has 1 saturated heterocycles. The molecule has 1 aromatic heterocycles. The lowest BCUT2D eigenvalue weighted by Crippen LogP contribution is -2.68. The number of fused-ring (bicyclic) bond motifs is 1. The molecule has 31 heavy (non-hydrogen) atoms. The number of nitrogens with zero attached hydrogens (tertiary/aromatic N) is 4. The Hall–Kier alpha value is -1.68. The van der Waals surface area contributed by atoms with Crippen molar-refractivity contribution in [3.8, 4) is 0 Å². The average Bonchev–Trinajstić information content (AvgIpc) is 3.16. The first-order valence-corrected chi connectivity index (χ1v) is 13.2. The summed E-state index contributed by atoms with van der Waals surface area (Å²) in [5.74, 6) is -0.546. The summed E-state index contributed by atoms with van der Waals surface area (Å²) in [6, 6.07) is -0.680. The van der Waals surface area contributed by atoms with E-state index < -0.39 is 32.9 Å². The summed E-state index contributed by atoms with van der Waals surface area (Å²) in [4.78, 5) is 27.0. The Labute approximate surface area is 188 Å². The zero-order chi connectivity index (χ0) is 23.0. The van der Waals surface area contributed by atoms with Gasteiger partial charge in [-0.2, -0.15) is 0 Å². The molecule has 2 aliphatic heterocycles. The van der Waals surface area contributed by atoms with Crippen molar-refractivity contribution in [3.63, 3.8) is 0 Å². The number of tetrazole rings is 1. The van der Waals surface area contributed by atoms with Gasteiger partial charge in [-0.15, -0.1) is 16.9 Å². The standard InChI is InChI=1S/C16H25N7O5S3/c1-16(2,3)28-14(25)11-8(7-29-13-10(17)12(24)23(11)13)9(5-6-18-31(4,26)27)30-15-19-21-22-20-15/h9-10,13,18H,5-7,17H2,1-4H3,(H,19,20,21,22)/t9?,10?,13-/m0/s1. The van der Waals surface area contributed by atoms with Crippen molar-refractivity contribution in [2.24, 2.45) is 5.73 Å². The van der Waals surface area contributed by atoms with Gasteiger partial charge in [0.15, 0.2) is 0 Å². The van der Waals surface area contributed by atoms with Crippen LogP contribution in [-0.2, 0) is 24.3 Å². The molecule has 15 heteroatoms. The maximum Gasteiger partial charge on any atom is 0.355 e. The molecule has 2 aliphatic rings. The Morgan fingerprint density at radius 1 is 1.48 bits per heavy atom. The number of sulfonamides is 1. The predicted molar refractivity (Wildman–Crippen MR) is 115 cm³/mol. The van der Waals surface area contributed by atoms with Gasteiger partial charge < -0.3 is 10.5 Å². The smallest absolute Gasteiger partial charge is 0.355 e. The van der Waals surface area contributed by atoms with Crippen LogP contribution in [-0.4, -0.2) is 86.6 Å². The van der Waals surface area contributed by atoms with Crippen LogP contribution in [0, 0.1) is 0 Å². The van der Waals surface area contributed by atoms with Gasteiger partial charge in [-0.05, 0) is 43.2 Å². The highest BCUT2D eigenvalue weighted by Crippen LogP contribution is 2.44. The van der Waals surface area contributed by atoms with E-state index in [-0.39, 0.29) is 23.5 Å². The third kappa shape index (κ3) is 5.77. The van der Waals surface area contributed by atoms with Crippen molar-refractivity contribution in [2.75, 3.05) is 18.6 Å². The van der Waals surface area contributed by atoms with Crippen molar-refractivity contribution in [3.05, 3.63) is 11.3 Å². The largest absolute Gasteiger partial charge is 0.455 e. The number of hydrogen-bond donors (Lipinski definition) is 3. The number of aromatic nitrogens is 4. The van der Waals surface area contributed by atoms with Crippen molar-refractivity contribution < 1.29 is 22.7 Å². The Kier molecular flexibility index (Phi) is 7.00. The molecule has 1 aromatic rings. The van der Waals surface area contributed by atoms with Crippen LogP contribution in [0.15, 0.2) is 16.4 Å². The SMILES string of the molecule is CC(C)(C)OC(=O)C1=C(C(CCNS(C)(=O)=O)Sc2nnn[nH]2)CS[C@H]2C(N)C(=O)N12. The zero-order valence-electron chi connectivity index (χ0n) is 17.5. The second-order valence-corrected chi connectivity index (χ2v) is 12.2. The molecule has 0 aliphatic carbocycles. The molecule has 0 aromatic carbocycles. The van der Waals surface area contributed by atoms with E-state index in [9.17, 15) is 18.0 Å². The summed E-state index contributed by atoms with van der Waals surface area (Å²) in [7, 11) is -3.39. The molecule has 12 nitrogen and oxygen atoms in total. The van der Waals surface area contributed by atoms with Crippen LogP contribution < -0.4 is 10.5 Å². The van der Waals surface area contributed by atoms with Crippen LogP contribution in [0.2, 0.25) is 0 Å². The van der Waals surface area contributed by atoms with Gasteiger partial charge in [0.25, 0.3) is 0 Å². The number of nitrogens with two attached hydrogens (primary N) is 1. The number of ether oxygens (including phenoxy) is 1. The molecule has 3 heterocycles. The van der Waals surface area contributed by atoms with Crippen molar-refractivity contribution in [1.29, 1.82) is 0 Å². The van der Waals surface area contributed by atoms with Crippen LogP contribution in [0.5, 0.6) is 0 Å². The van der Waals surface area contributed by atoms with Gasteiger partial charge in [-0.3, -0.25) is 9.69 Å². The van der Waals surface area contributed by atoms with Crippen LogP contribution in [0.25, 0.3) is 0 Å². The highest BCUT2D eigenvalue weighted by atomic mass is 32.2. The number of thioether (sulfide) groups is 2. The first-order chi connectivity index (χ1) is 14.4. The molecule has 3 rings (SSSR count). The van der Waals surface area contributed by atoms with E-state index in [1.165, 1.54) is 28.4 Å². The van der Waals surface area contributed by atoms with Crippen LogP contribution in [0.4, 0.5) is 0 Å². The summed E-state index contributed by atoms with van der Waals surface area (Å²) in [5, 5.41) is 13.3. The van der Waals surface area contributed by atoms with Gasteiger partial charge in [0.05, 0.1) is 6.26 Å². The second kappa shape index (κ2) is 9.05. The molecule has 1 fully saturated rings. The number of H-pyrrole nitrogens is 1. The minimum atomic E-state index is -3.39. The Morgan fingerprint density at radius 3 is 2.77 bits per heavy atom. The Balaban J connectivity index is 1.98. The number of β-lactam (4-membered cyclic amide) rings is 1. The maximum atomic E-state index is 13.1. The third-order valence-corrected chi connectivity index (χ3v) is 7.62. The second-order valence-electron chi connectivity index (χ2n) is 8.08. The van der Waals surface area contributed by atoms with Gasteiger partial charge in [0, 0.05) is 17.5 Å². The molecule has 3 atom stereocenters. The molecule has 0 bridgehead atoms. The number of amides is 1. The molecule has 172 valence electrons. The molecular formula is C16H25N7O5S3. The highest BCUT2D eigenvalue weighted by Gasteiger charge is 2.53. The molecule has 0 saturated carbocycles. The number of aromatic amines is 1. The molecule has 0 spiro atoms. The lowest BCUT2D eigenvalue weighted by molar-refractivity contribution is -0.158. The van der Waals surface area contributed by atoms with Crippen molar-refractivity contribution >= 4 is 45.4 Å². The molecular weight excluding hydrogens is 466 g/mol. The third-order valence-electron chi connectivity index (χ3n) is 4.37. The van der Waals surface area contributed by atoms with E-state index in [0.717, 1.165) is 6.26 Å². The summed E-state index contributed by atoms with van der Waals surface area (Å²) >= 11 is 2.70. The number of esters is 1. The summed E-state index contributed by atoms with van der Waals surface area (Å²) in [6.45, 7) is 5.36. The first kappa shape index (κ1) is 24.0. The minimum absolute atomic E-state index is 0.130. The van der Waals surface area contributed by atoms with Gasteiger partial charge in [0.2, 0.25) is 21.1 Å². The molecule has 4 N–H and O–H groups in total. The number of rotatable bonds is 8. The number of carbonyl (C=O) groups is 2. The van der Waals surface area contributed by atoms with E-state index in [0.29, 0.717) is 22.9 Å². The number of carbonyl (C=O) groups excluding carboxylic acids is 2. The monoisotopic (exact) mass is 491 g/mol. The Morgan fingerprint density at radius 2 is 2.19 bits per heavy atom. The molecule has 1 amide bonds. The lowest BCUT2D eigenvalue weighted by atomic mass is 10.0. The van der Waals surface area contributed by atoms with Crippen LogP contribution >= 0.6 is 23.5 Å². The average molecular weight is 492 g/mol. The fourth-order valence-electron chi connectivity index (χ4n) is 3.12. The van der Waals surface area contributed by atoms with Gasteiger partial charge >= 0.3 is 5.97 Å². The predicted octanol–water partition coefficient (Wildman–Crippen LogP) is -0.562. The normalized spacial score (nSPS) is 22.7. The topological polar surface area (TPSA) is 173 Å².